The molecule has 2 aromatic carbocycles. The second-order valence-electron chi connectivity index (χ2n) is 4.70. The molecule has 0 spiro atoms. The molecule has 25 heavy (non-hydrogen) atoms. The lowest BCUT2D eigenvalue weighted by molar-refractivity contribution is -0.394. The van der Waals surface area contributed by atoms with Gasteiger partial charge < -0.3 is 14.8 Å². The zero-order chi connectivity index (χ0) is 18.4. The highest BCUT2D eigenvalue weighted by Crippen LogP contribution is 2.32. The molecule has 0 fully saturated rings. The predicted molar refractivity (Wildman–Crippen MR) is 85.6 cm³/mol. The molecule has 0 aliphatic rings. The summed E-state index contributed by atoms with van der Waals surface area (Å²) in [4.78, 5) is 31.6. The van der Waals surface area contributed by atoms with Crippen LogP contribution in [0.2, 0.25) is 0 Å². The molecule has 1 amide bonds. The van der Waals surface area contributed by atoms with E-state index in [0.717, 1.165) is 18.2 Å². The van der Waals surface area contributed by atoms with Gasteiger partial charge in [-0.15, -0.1) is 0 Å². The van der Waals surface area contributed by atoms with Gasteiger partial charge in [-0.1, -0.05) is 18.2 Å². The minimum Gasteiger partial charge on any atom is -0.482 e. The Morgan fingerprint density at radius 2 is 1.80 bits per heavy atom. The summed E-state index contributed by atoms with van der Waals surface area (Å²) >= 11 is 0. The van der Waals surface area contributed by atoms with E-state index in [0.29, 0.717) is 5.56 Å². The van der Waals surface area contributed by atoms with Crippen LogP contribution in [0.1, 0.15) is 5.56 Å². The van der Waals surface area contributed by atoms with Gasteiger partial charge >= 0.3 is 11.8 Å². The van der Waals surface area contributed by atoms with Crippen molar-refractivity contribution in [1.82, 2.24) is 5.32 Å². The van der Waals surface area contributed by atoms with Gasteiger partial charge in [-0.2, -0.15) is 0 Å². The highest BCUT2D eigenvalue weighted by Gasteiger charge is 2.21. The van der Waals surface area contributed by atoms with E-state index in [9.17, 15) is 25.0 Å². The van der Waals surface area contributed by atoms with Gasteiger partial charge in [0, 0.05) is 18.7 Å². The quantitative estimate of drug-likeness (QED) is 0.627. The number of para-hydroxylation sites is 1. The molecule has 0 aliphatic heterocycles. The molecule has 0 unspecified atom stereocenters. The fourth-order valence-corrected chi connectivity index (χ4v) is 1.91. The van der Waals surface area contributed by atoms with Gasteiger partial charge in [0.1, 0.15) is 12.4 Å². The number of nitrogens with one attached hydrogen (secondary N) is 1. The molecule has 0 atom stereocenters. The number of hydrogen-bond acceptors (Lipinski definition) is 7. The summed E-state index contributed by atoms with van der Waals surface area (Å²) in [5.41, 5.74) is -0.472. The minimum atomic E-state index is -0.769. The molecule has 2 aromatic rings. The maximum Gasteiger partial charge on any atom is 0.412 e. The molecule has 0 saturated carbocycles. The summed E-state index contributed by atoms with van der Waals surface area (Å²) in [7, 11) is 1.40. The van der Waals surface area contributed by atoms with E-state index < -0.39 is 27.3 Å². The lowest BCUT2D eigenvalue weighted by Gasteiger charge is -2.11. The van der Waals surface area contributed by atoms with E-state index in [2.05, 4.69) is 5.32 Å². The van der Waals surface area contributed by atoms with Gasteiger partial charge in [-0.05, 0) is 12.1 Å². The van der Waals surface area contributed by atoms with Crippen molar-refractivity contribution in [3.8, 4) is 11.5 Å². The number of amides is 1. The average Bonchev–Trinajstić information content (AvgIpc) is 2.60. The highest BCUT2D eigenvalue weighted by molar-refractivity contribution is 5.70. The van der Waals surface area contributed by atoms with Crippen molar-refractivity contribution in [2.24, 2.45) is 0 Å². The number of nitro groups is 2. The maximum absolute atomic E-state index is 11.3. The number of benzene rings is 2. The standard InChI is InChI=1S/C15H13N3O7/c1-16-15(19)25-13-5-3-2-4-10(13)9-24-14-7-6-11(17(20)21)8-12(14)18(22)23/h2-8H,9H2,1H3,(H,16,19). The number of nitrogens with zero attached hydrogens (tertiary/aromatic N) is 2. The second-order valence-corrected chi connectivity index (χ2v) is 4.70. The van der Waals surface area contributed by atoms with Crippen LogP contribution >= 0.6 is 0 Å². The summed E-state index contributed by atoms with van der Waals surface area (Å²) in [6, 6.07) is 9.57. The second kappa shape index (κ2) is 7.73. The van der Waals surface area contributed by atoms with Crippen molar-refractivity contribution in [1.29, 1.82) is 0 Å². The Bertz CT molecular complexity index is 823. The van der Waals surface area contributed by atoms with Crippen molar-refractivity contribution in [3.05, 3.63) is 68.3 Å². The normalized spacial score (nSPS) is 9.96. The molecule has 0 aliphatic carbocycles. The van der Waals surface area contributed by atoms with Crippen LogP contribution in [0.15, 0.2) is 42.5 Å². The van der Waals surface area contributed by atoms with Crippen LogP contribution in [-0.2, 0) is 6.61 Å². The first kappa shape index (κ1) is 17.7. The Kier molecular flexibility index (Phi) is 5.46. The lowest BCUT2D eigenvalue weighted by Crippen LogP contribution is -2.22. The van der Waals surface area contributed by atoms with E-state index in [4.69, 9.17) is 9.47 Å². The number of rotatable bonds is 6. The summed E-state index contributed by atoms with van der Waals surface area (Å²) < 4.78 is 10.5. The number of ether oxygens (including phenoxy) is 2. The number of nitro benzene ring substituents is 2. The van der Waals surface area contributed by atoms with Crippen molar-refractivity contribution in [2.75, 3.05) is 7.05 Å². The molecule has 0 saturated heterocycles. The minimum absolute atomic E-state index is 0.133. The van der Waals surface area contributed by atoms with Gasteiger partial charge in [0.2, 0.25) is 0 Å². The van der Waals surface area contributed by atoms with Crippen LogP contribution in [0.3, 0.4) is 0 Å². The smallest absolute Gasteiger partial charge is 0.412 e. The monoisotopic (exact) mass is 347 g/mol. The van der Waals surface area contributed by atoms with E-state index in [-0.39, 0.29) is 18.1 Å². The number of non-ortho nitro benzene ring substituents is 1. The number of carbonyl (C=O) groups excluding carboxylic acids is 1. The van der Waals surface area contributed by atoms with E-state index >= 15 is 0 Å². The Hall–Kier alpha value is -3.69. The van der Waals surface area contributed by atoms with Crippen LogP contribution in [0.4, 0.5) is 16.2 Å². The maximum atomic E-state index is 11.3. The topological polar surface area (TPSA) is 134 Å². The highest BCUT2D eigenvalue weighted by atomic mass is 16.6. The van der Waals surface area contributed by atoms with Crippen molar-refractivity contribution >= 4 is 17.5 Å². The van der Waals surface area contributed by atoms with Gasteiger partial charge in [-0.3, -0.25) is 20.2 Å². The first-order valence-electron chi connectivity index (χ1n) is 6.95. The summed E-state index contributed by atoms with van der Waals surface area (Å²) in [5, 5.41) is 24.1. The molecule has 0 bridgehead atoms. The Morgan fingerprint density at radius 1 is 1.08 bits per heavy atom. The van der Waals surface area contributed by atoms with Crippen LogP contribution in [0.5, 0.6) is 11.5 Å². The van der Waals surface area contributed by atoms with Gasteiger partial charge in [-0.25, -0.2) is 4.79 Å². The average molecular weight is 347 g/mol. The zero-order valence-corrected chi connectivity index (χ0v) is 13.0. The first-order chi connectivity index (χ1) is 11.9. The van der Waals surface area contributed by atoms with Crippen molar-refractivity contribution < 1.29 is 24.1 Å². The van der Waals surface area contributed by atoms with Crippen LogP contribution < -0.4 is 14.8 Å². The zero-order valence-electron chi connectivity index (χ0n) is 13.0. The largest absolute Gasteiger partial charge is 0.482 e. The molecular formula is C15H13N3O7. The van der Waals surface area contributed by atoms with Gasteiger partial charge in [0.15, 0.2) is 5.75 Å². The molecule has 2 rings (SSSR count). The SMILES string of the molecule is CNC(=O)Oc1ccccc1COc1ccc([N+](=O)[O-])cc1[N+](=O)[O-]. The number of hydrogen-bond donors (Lipinski definition) is 1. The molecule has 0 radical (unpaired) electrons. The third-order valence-electron chi connectivity index (χ3n) is 3.11. The summed E-state index contributed by atoms with van der Waals surface area (Å²) in [6.45, 7) is -0.133. The molecule has 10 heteroatoms. The third kappa shape index (κ3) is 4.41. The van der Waals surface area contributed by atoms with Crippen LogP contribution in [0.25, 0.3) is 0 Å². The van der Waals surface area contributed by atoms with Gasteiger partial charge in [0.25, 0.3) is 5.69 Å². The molecule has 10 nitrogen and oxygen atoms in total. The van der Waals surface area contributed by atoms with E-state index in [1.54, 1.807) is 18.2 Å². The molecule has 0 heterocycles. The number of carbonyl (C=O) groups is 1. The fraction of sp³-hybridized carbons (Fsp3) is 0.133. The third-order valence-corrected chi connectivity index (χ3v) is 3.11. The molecule has 130 valence electrons. The molecular weight excluding hydrogens is 334 g/mol. The Labute approximate surface area is 141 Å². The summed E-state index contributed by atoms with van der Waals surface area (Å²) in [5.74, 6) is 0.0942. The van der Waals surface area contributed by atoms with Crippen LogP contribution in [-0.4, -0.2) is 23.0 Å². The van der Waals surface area contributed by atoms with E-state index in [1.165, 1.54) is 13.1 Å². The Balaban J connectivity index is 2.23. The van der Waals surface area contributed by atoms with Gasteiger partial charge in [0.05, 0.1) is 15.9 Å². The lowest BCUT2D eigenvalue weighted by atomic mass is 10.2. The molecule has 1 N–H and O–H groups in total. The van der Waals surface area contributed by atoms with Crippen molar-refractivity contribution in [2.45, 2.75) is 6.61 Å². The fourth-order valence-electron chi connectivity index (χ4n) is 1.91. The van der Waals surface area contributed by atoms with Crippen LogP contribution in [0, 0.1) is 20.2 Å². The predicted octanol–water partition coefficient (Wildman–Crippen LogP) is 2.80. The summed E-state index contributed by atoms with van der Waals surface area (Å²) in [6.07, 6.45) is -0.672. The van der Waals surface area contributed by atoms with E-state index in [1.807, 2.05) is 0 Å². The molecule has 0 aromatic heterocycles. The first-order valence-corrected chi connectivity index (χ1v) is 6.95. The Morgan fingerprint density at radius 3 is 2.44 bits per heavy atom. The van der Waals surface area contributed by atoms with Crippen molar-refractivity contribution in [3.63, 3.8) is 0 Å².